The molecule has 7 nitrogen and oxygen atoms in total. The van der Waals surface area contributed by atoms with Crippen LogP contribution in [0.3, 0.4) is 0 Å². The Labute approximate surface area is 194 Å². The molecule has 166 valence electrons. The highest BCUT2D eigenvalue weighted by atomic mass is 32.2. The first-order valence-corrected chi connectivity index (χ1v) is 11.2. The van der Waals surface area contributed by atoms with Gasteiger partial charge >= 0.3 is 5.97 Å². The number of carbonyl (C=O) groups excluding carboxylic acids is 2. The summed E-state index contributed by atoms with van der Waals surface area (Å²) in [5.74, 6) is -0.625. The number of anilines is 1. The van der Waals surface area contributed by atoms with Gasteiger partial charge in [0, 0.05) is 5.69 Å². The SMILES string of the molecule is COC(=O)c1ccc(NC(=O)CSc2nc3ccccc3c(=O)n2Cc2ccccc2)cc1. The van der Waals surface area contributed by atoms with Crippen molar-refractivity contribution in [1.82, 2.24) is 9.55 Å². The zero-order valence-corrected chi connectivity index (χ0v) is 18.7. The molecule has 8 heteroatoms. The zero-order valence-electron chi connectivity index (χ0n) is 17.9. The van der Waals surface area contributed by atoms with E-state index in [1.165, 1.54) is 18.9 Å². The highest BCUT2D eigenvalue weighted by molar-refractivity contribution is 7.99. The minimum absolute atomic E-state index is 0.0678. The van der Waals surface area contributed by atoms with E-state index in [0.717, 1.165) is 5.56 Å². The number of hydrogen-bond donors (Lipinski definition) is 1. The van der Waals surface area contributed by atoms with E-state index in [1.54, 1.807) is 41.0 Å². The highest BCUT2D eigenvalue weighted by Crippen LogP contribution is 2.20. The second kappa shape index (κ2) is 10.1. The first-order valence-electron chi connectivity index (χ1n) is 10.2. The maximum atomic E-state index is 13.2. The van der Waals surface area contributed by atoms with Crippen LogP contribution in [0.25, 0.3) is 10.9 Å². The molecule has 4 aromatic rings. The lowest BCUT2D eigenvalue weighted by atomic mass is 10.2. The number of rotatable bonds is 7. The van der Waals surface area contributed by atoms with Crippen molar-refractivity contribution < 1.29 is 14.3 Å². The second-order valence-corrected chi connectivity index (χ2v) is 8.14. The van der Waals surface area contributed by atoms with Gasteiger partial charge in [0.2, 0.25) is 5.91 Å². The van der Waals surface area contributed by atoms with Gasteiger partial charge in [0.15, 0.2) is 5.16 Å². The molecule has 0 aliphatic carbocycles. The van der Waals surface area contributed by atoms with Crippen LogP contribution in [0.5, 0.6) is 0 Å². The van der Waals surface area contributed by atoms with Crippen LogP contribution in [-0.4, -0.2) is 34.3 Å². The standard InChI is InChI=1S/C25H21N3O4S/c1-32-24(31)18-11-13-19(14-12-18)26-22(29)16-33-25-27-21-10-6-5-9-20(21)23(30)28(25)15-17-7-3-2-4-8-17/h2-14H,15-16H2,1H3,(H,26,29). The molecule has 1 heterocycles. The second-order valence-electron chi connectivity index (χ2n) is 7.19. The Balaban J connectivity index is 1.53. The molecule has 1 N–H and O–H groups in total. The number of carbonyl (C=O) groups is 2. The normalized spacial score (nSPS) is 10.7. The van der Waals surface area contributed by atoms with Crippen LogP contribution >= 0.6 is 11.8 Å². The molecule has 0 radical (unpaired) electrons. The third kappa shape index (κ3) is 5.30. The van der Waals surface area contributed by atoms with Gasteiger partial charge in [0.1, 0.15) is 0 Å². The monoisotopic (exact) mass is 459 g/mol. The third-order valence-electron chi connectivity index (χ3n) is 4.93. The van der Waals surface area contributed by atoms with E-state index < -0.39 is 5.97 Å². The van der Waals surface area contributed by atoms with Crippen molar-refractivity contribution in [3.63, 3.8) is 0 Å². The van der Waals surface area contributed by atoms with Gasteiger partial charge in [-0.1, -0.05) is 54.2 Å². The number of nitrogens with one attached hydrogen (secondary N) is 1. The van der Waals surface area contributed by atoms with Crippen molar-refractivity contribution in [2.24, 2.45) is 0 Å². The van der Waals surface area contributed by atoms with Crippen LogP contribution in [0.1, 0.15) is 15.9 Å². The van der Waals surface area contributed by atoms with Crippen LogP contribution in [0.4, 0.5) is 5.69 Å². The van der Waals surface area contributed by atoms with Gasteiger partial charge < -0.3 is 10.1 Å². The number of thioether (sulfide) groups is 1. The molecular weight excluding hydrogens is 438 g/mol. The number of methoxy groups -OCH3 is 1. The molecule has 0 spiro atoms. The lowest BCUT2D eigenvalue weighted by Gasteiger charge is -2.13. The summed E-state index contributed by atoms with van der Waals surface area (Å²) in [6, 6.07) is 23.3. The molecule has 0 unspecified atom stereocenters. The number of hydrogen-bond acceptors (Lipinski definition) is 6. The van der Waals surface area contributed by atoms with E-state index in [-0.39, 0.29) is 17.2 Å². The molecule has 0 atom stereocenters. The first-order chi connectivity index (χ1) is 16.0. The largest absolute Gasteiger partial charge is 0.465 e. The fraction of sp³-hybridized carbons (Fsp3) is 0.120. The first kappa shape index (κ1) is 22.3. The Kier molecular flexibility index (Phi) is 6.85. The number of amides is 1. The molecule has 33 heavy (non-hydrogen) atoms. The lowest BCUT2D eigenvalue weighted by Crippen LogP contribution is -2.24. The van der Waals surface area contributed by atoms with Crippen molar-refractivity contribution in [1.29, 1.82) is 0 Å². The predicted molar refractivity (Wildman–Crippen MR) is 129 cm³/mol. The van der Waals surface area contributed by atoms with Crippen LogP contribution < -0.4 is 10.9 Å². The molecule has 4 rings (SSSR count). The van der Waals surface area contributed by atoms with Crippen LogP contribution in [0, 0.1) is 0 Å². The van der Waals surface area contributed by atoms with Crippen LogP contribution in [-0.2, 0) is 16.1 Å². The summed E-state index contributed by atoms with van der Waals surface area (Å²) in [6.45, 7) is 0.358. The Morgan fingerprint density at radius 3 is 2.39 bits per heavy atom. The number of para-hydroxylation sites is 1. The fourth-order valence-corrected chi connectivity index (χ4v) is 4.10. The summed E-state index contributed by atoms with van der Waals surface area (Å²) in [5.41, 5.74) is 2.36. The number of ether oxygens (including phenoxy) is 1. The van der Waals surface area contributed by atoms with Crippen molar-refractivity contribution in [2.45, 2.75) is 11.7 Å². The van der Waals surface area contributed by atoms with E-state index in [0.29, 0.717) is 33.9 Å². The maximum Gasteiger partial charge on any atom is 0.337 e. The number of esters is 1. The summed E-state index contributed by atoms with van der Waals surface area (Å²) < 4.78 is 6.27. The molecule has 1 amide bonds. The Morgan fingerprint density at radius 1 is 0.970 bits per heavy atom. The molecule has 0 bridgehead atoms. The average molecular weight is 460 g/mol. The molecule has 0 fully saturated rings. The number of aromatic nitrogens is 2. The Bertz CT molecular complexity index is 1350. The maximum absolute atomic E-state index is 13.2. The van der Waals surface area contributed by atoms with Gasteiger partial charge in [0.05, 0.1) is 35.9 Å². The summed E-state index contributed by atoms with van der Waals surface area (Å²) in [4.78, 5) is 41.9. The minimum atomic E-state index is -0.442. The fourth-order valence-electron chi connectivity index (χ4n) is 3.30. The van der Waals surface area contributed by atoms with Crippen LogP contribution in [0.15, 0.2) is 88.8 Å². The Morgan fingerprint density at radius 2 is 1.67 bits per heavy atom. The predicted octanol–water partition coefficient (Wildman–Crippen LogP) is 3.96. The number of benzene rings is 3. The van der Waals surface area contributed by atoms with E-state index in [2.05, 4.69) is 15.0 Å². The quantitative estimate of drug-likeness (QED) is 0.256. The van der Waals surface area contributed by atoms with Gasteiger partial charge in [-0.2, -0.15) is 0 Å². The van der Waals surface area contributed by atoms with Crippen molar-refractivity contribution in [2.75, 3.05) is 18.2 Å². The molecular formula is C25H21N3O4S. The lowest BCUT2D eigenvalue weighted by molar-refractivity contribution is -0.113. The summed E-state index contributed by atoms with van der Waals surface area (Å²) >= 11 is 1.20. The van der Waals surface area contributed by atoms with E-state index in [1.807, 2.05) is 42.5 Å². The van der Waals surface area contributed by atoms with Crippen molar-refractivity contribution in [3.05, 3.63) is 100 Å². The van der Waals surface area contributed by atoms with Gasteiger partial charge in [0.25, 0.3) is 5.56 Å². The molecule has 0 aliphatic heterocycles. The van der Waals surface area contributed by atoms with Gasteiger partial charge in [-0.05, 0) is 42.0 Å². The zero-order chi connectivity index (χ0) is 23.2. The third-order valence-corrected chi connectivity index (χ3v) is 5.91. The Hall–Kier alpha value is -3.91. The highest BCUT2D eigenvalue weighted by Gasteiger charge is 2.14. The number of fused-ring (bicyclic) bond motifs is 1. The van der Waals surface area contributed by atoms with Gasteiger partial charge in [-0.15, -0.1) is 0 Å². The van der Waals surface area contributed by atoms with Gasteiger partial charge in [-0.3, -0.25) is 14.2 Å². The van der Waals surface area contributed by atoms with E-state index in [9.17, 15) is 14.4 Å². The van der Waals surface area contributed by atoms with E-state index in [4.69, 9.17) is 0 Å². The molecule has 0 saturated carbocycles. The number of nitrogens with zero attached hydrogens (tertiary/aromatic N) is 2. The van der Waals surface area contributed by atoms with Crippen LogP contribution in [0.2, 0.25) is 0 Å². The molecule has 1 aromatic heterocycles. The summed E-state index contributed by atoms with van der Waals surface area (Å²) in [7, 11) is 1.31. The molecule has 3 aromatic carbocycles. The van der Waals surface area contributed by atoms with Crippen molar-refractivity contribution >= 4 is 40.2 Å². The van der Waals surface area contributed by atoms with Gasteiger partial charge in [-0.25, -0.2) is 9.78 Å². The minimum Gasteiger partial charge on any atom is -0.465 e. The average Bonchev–Trinajstić information content (AvgIpc) is 2.85. The smallest absolute Gasteiger partial charge is 0.337 e. The van der Waals surface area contributed by atoms with Crippen molar-refractivity contribution in [3.8, 4) is 0 Å². The summed E-state index contributed by atoms with van der Waals surface area (Å²) in [6.07, 6.45) is 0. The summed E-state index contributed by atoms with van der Waals surface area (Å²) in [5, 5.41) is 3.80. The molecule has 0 saturated heterocycles. The van der Waals surface area contributed by atoms with E-state index >= 15 is 0 Å². The topological polar surface area (TPSA) is 90.3 Å². The molecule has 0 aliphatic rings.